The fourth-order valence-corrected chi connectivity index (χ4v) is 6.26. The molecule has 0 radical (unpaired) electrons. The van der Waals surface area contributed by atoms with Crippen LogP contribution in [0, 0.1) is 0 Å². The molecule has 13 heteroatoms. The van der Waals surface area contributed by atoms with E-state index < -0.39 is 0 Å². The second-order valence-corrected chi connectivity index (χ2v) is 11.4. The quantitative estimate of drug-likeness (QED) is 0.105. The lowest BCUT2D eigenvalue weighted by Gasteiger charge is -2.14. The van der Waals surface area contributed by atoms with Gasteiger partial charge in [0, 0.05) is 28.1 Å². The average Bonchev–Trinajstić information content (AvgIpc) is 3.45. The fraction of sp³-hybridized carbons (Fsp3) is 0.222. The minimum absolute atomic E-state index is 0.0886. The average molecular weight is 642 g/mol. The van der Waals surface area contributed by atoms with E-state index in [4.69, 9.17) is 19.2 Å². The molecular formula is C27H25BrN6O4S2. The molecule has 3 aromatic carbocycles. The summed E-state index contributed by atoms with van der Waals surface area (Å²) in [6.45, 7) is 0. The van der Waals surface area contributed by atoms with E-state index in [0.29, 0.717) is 44.2 Å². The smallest absolute Gasteiger partial charge is 0.266 e. The van der Waals surface area contributed by atoms with E-state index in [-0.39, 0.29) is 5.56 Å². The highest BCUT2D eigenvalue weighted by Gasteiger charge is 2.18. The van der Waals surface area contributed by atoms with Crippen LogP contribution in [-0.4, -0.2) is 62.6 Å². The maximum Gasteiger partial charge on any atom is 0.266 e. The van der Waals surface area contributed by atoms with Gasteiger partial charge in [-0.15, -0.1) is 5.10 Å². The number of fused-ring (bicyclic) bond motifs is 1. The summed E-state index contributed by atoms with van der Waals surface area (Å²) in [6.07, 6.45) is 0.834. The molecule has 2 heterocycles. The van der Waals surface area contributed by atoms with Crippen LogP contribution in [0.25, 0.3) is 22.3 Å². The second-order valence-electron chi connectivity index (χ2n) is 8.34. The Kier molecular flexibility index (Phi) is 8.92. The normalized spacial score (nSPS) is 11.1. The molecule has 0 N–H and O–H groups in total. The van der Waals surface area contributed by atoms with Crippen molar-refractivity contribution in [1.29, 1.82) is 0 Å². The Morgan fingerprint density at radius 2 is 1.52 bits per heavy atom. The second kappa shape index (κ2) is 12.7. The number of para-hydroxylation sites is 1. The first-order valence-electron chi connectivity index (χ1n) is 12.2. The molecule has 0 fully saturated rings. The zero-order valence-corrected chi connectivity index (χ0v) is 25.1. The van der Waals surface area contributed by atoms with Crippen LogP contribution in [0.2, 0.25) is 0 Å². The number of hydrogen-bond acceptors (Lipinski definition) is 10. The molecular weight excluding hydrogens is 616 g/mol. The van der Waals surface area contributed by atoms with Gasteiger partial charge in [-0.1, -0.05) is 51.6 Å². The zero-order valence-electron chi connectivity index (χ0n) is 21.9. The SMILES string of the molecule is COc1cc(-n2nnnc2SCCCSc2nc3ccccc3c(=O)n2-c2ccc(Br)cc2)cc(OC)c1OC. The Labute approximate surface area is 247 Å². The van der Waals surface area contributed by atoms with Crippen molar-refractivity contribution in [3.63, 3.8) is 0 Å². The number of hydrogen-bond donors (Lipinski definition) is 0. The summed E-state index contributed by atoms with van der Waals surface area (Å²) >= 11 is 6.55. The lowest BCUT2D eigenvalue weighted by Crippen LogP contribution is -2.21. The van der Waals surface area contributed by atoms with Gasteiger partial charge in [0.05, 0.1) is 43.6 Å². The van der Waals surface area contributed by atoms with Crippen LogP contribution >= 0.6 is 39.5 Å². The molecule has 0 aliphatic carbocycles. The molecule has 0 saturated carbocycles. The topological polar surface area (TPSA) is 106 Å². The van der Waals surface area contributed by atoms with Gasteiger partial charge in [-0.3, -0.25) is 9.36 Å². The molecule has 0 unspecified atom stereocenters. The third kappa shape index (κ3) is 5.81. The summed E-state index contributed by atoms with van der Waals surface area (Å²) in [4.78, 5) is 18.2. The monoisotopic (exact) mass is 640 g/mol. The third-order valence-corrected chi connectivity index (χ3v) is 8.47. The summed E-state index contributed by atoms with van der Waals surface area (Å²) in [5, 5.41) is 14.1. The number of nitrogens with zero attached hydrogens (tertiary/aromatic N) is 6. The molecule has 206 valence electrons. The Hall–Kier alpha value is -3.55. The maximum atomic E-state index is 13.4. The summed E-state index contributed by atoms with van der Waals surface area (Å²) in [5.41, 5.74) is 2.06. The Morgan fingerprint density at radius 1 is 0.850 bits per heavy atom. The van der Waals surface area contributed by atoms with Crippen LogP contribution < -0.4 is 19.8 Å². The predicted octanol–water partition coefficient (Wildman–Crippen LogP) is 5.42. The first kappa shape index (κ1) is 28.0. The number of aromatic nitrogens is 6. The van der Waals surface area contributed by atoms with Crippen molar-refractivity contribution < 1.29 is 14.2 Å². The van der Waals surface area contributed by atoms with Gasteiger partial charge in [0.25, 0.3) is 5.56 Å². The van der Waals surface area contributed by atoms with Crippen molar-refractivity contribution in [2.45, 2.75) is 16.7 Å². The van der Waals surface area contributed by atoms with Crippen molar-refractivity contribution >= 4 is 50.4 Å². The lowest BCUT2D eigenvalue weighted by molar-refractivity contribution is 0.324. The van der Waals surface area contributed by atoms with E-state index in [1.807, 2.05) is 48.5 Å². The first-order chi connectivity index (χ1) is 19.5. The van der Waals surface area contributed by atoms with Gasteiger partial charge in [-0.05, 0) is 53.2 Å². The van der Waals surface area contributed by atoms with Crippen molar-refractivity contribution in [2.75, 3.05) is 32.8 Å². The number of benzene rings is 3. The summed E-state index contributed by atoms with van der Waals surface area (Å²) < 4.78 is 20.6. The van der Waals surface area contributed by atoms with Gasteiger partial charge in [-0.2, -0.15) is 4.68 Å². The lowest BCUT2D eigenvalue weighted by atomic mass is 10.2. The first-order valence-corrected chi connectivity index (χ1v) is 14.9. The van der Waals surface area contributed by atoms with E-state index in [2.05, 4.69) is 31.5 Å². The Balaban J connectivity index is 1.31. The summed E-state index contributed by atoms with van der Waals surface area (Å²) in [7, 11) is 4.69. The van der Waals surface area contributed by atoms with Gasteiger partial charge in [0.2, 0.25) is 10.9 Å². The molecule has 0 spiro atoms. The number of ether oxygens (including phenoxy) is 3. The highest BCUT2D eigenvalue weighted by molar-refractivity contribution is 9.10. The van der Waals surface area contributed by atoms with Crippen LogP contribution in [0.5, 0.6) is 17.2 Å². The molecule has 0 amide bonds. The Morgan fingerprint density at radius 3 is 2.20 bits per heavy atom. The molecule has 0 saturated heterocycles. The van der Waals surface area contributed by atoms with Crippen LogP contribution in [0.3, 0.4) is 0 Å². The number of rotatable bonds is 11. The van der Waals surface area contributed by atoms with Gasteiger partial charge >= 0.3 is 0 Å². The van der Waals surface area contributed by atoms with E-state index in [9.17, 15) is 4.79 Å². The molecule has 2 aromatic heterocycles. The molecule has 5 aromatic rings. The van der Waals surface area contributed by atoms with Gasteiger partial charge < -0.3 is 14.2 Å². The molecule has 0 aliphatic rings. The van der Waals surface area contributed by atoms with E-state index in [1.165, 1.54) is 11.8 Å². The zero-order chi connectivity index (χ0) is 28.1. The van der Waals surface area contributed by atoms with Gasteiger partial charge in [-0.25, -0.2) is 4.98 Å². The fourth-order valence-electron chi connectivity index (χ4n) is 4.03. The van der Waals surface area contributed by atoms with Crippen molar-refractivity contribution in [3.8, 4) is 28.6 Å². The van der Waals surface area contributed by atoms with Crippen molar-refractivity contribution in [1.82, 2.24) is 29.8 Å². The van der Waals surface area contributed by atoms with Gasteiger partial charge in [0.1, 0.15) is 0 Å². The van der Waals surface area contributed by atoms with Crippen LogP contribution in [-0.2, 0) is 0 Å². The largest absolute Gasteiger partial charge is 0.493 e. The molecule has 0 aliphatic heterocycles. The molecule has 40 heavy (non-hydrogen) atoms. The van der Waals surface area contributed by atoms with E-state index >= 15 is 0 Å². The van der Waals surface area contributed by atoms with Crippen molar-refractivity contribution in [2.24, 2.45) is 0 Å². The van der Waals surface area contributed by atoms with E-state index in [0.717, 1.165) is 28.1 Å². The number of methoxy groups -OCH3 is 3. The minimum atomic E-state index is -0.0886. The molecule has 5 rings (SSSR count). The molecule has 10 nitrogen and oxygen atoms in total. The summed E-state index contributed by atoms with van der Waals surface area (Å²) in [5.74, 6) is 3.03. The number of thioether (sulfide) groups is 2. The Bertz CT molecular complexity index is 1670. The minimum Gasteiger partial charge on any atom is -0.493 e. The van der Waals surface area contributed by atoms with Crippen LogP contribution in [0.4, 0.5) is 0 Å². The third-order valence-electron chi connectivity index (χ3n) is 5.92. The molecule has 0 bridgehead atoms. The number of tetrazole rings is 1. The highest BCUT2D eigenvalue weighted by Crippen LogP contribution is 2.39. The van der Waals surface area contributed by atoms with E-state index in [1.54, 1.807) is 54.5 Å². The maximum absolute atomic E-state index is 13.4. The highest BCUT2D eigenvalue weighted by atomic mass is 79.9. The standard InChI is InChI=1S/C27H25BrN6O4S2/c1-36-22-15-19(16-23(37-2)24(22)38-3)34-27(30-31-32-34)40-14-6-13-39-26-29-21-8-5-4-7-20(21)25(35)33(26)18-11-9-17(28)10-12-18/h4-5,7-12,15-16H,6,13-14H2,1-3H3. The van der Waals surface area contributed by atoms with Crippen molar-refractivity contribution in [3.05, 3.63) is 75.5 Å². The van der Waals surface area contributed by atoms with Crippen LogP contribution in [0.15, 0.2) is 80.2 Å². The molecule has 0 atom stereocenters. The number of halogens is 1. The summed E-state index contributed by atoms with van der Waals surface area (Å²) in [6, 6.07) is 18.7. The predicted molar refractivity (Wildman–Crippen MR) is 160 cm³/mol. The van der Waals surface area contributed by atoms with Crippen LogP contribution in [0.1, 0.15) is 6.42 Å². The van der Waals surface area contributed by atoms with Gasteiger partial charge in [0.15, 0.2) is 16.7 Å².